The van der Waals surface area contributed by atoms with Crippen molar-refractivity contribution in [2.24, 2.45) is 0 Å². The zero-order valence-corrected chi connectivity index (χ0v) is 24.2. The van der Waals surface area contributed by atoms with Gasteiger partial charge in [-0.15, -0.1) is 0 Å². The van der Waals surface area contributed by atoms with Gasteiger partial charge in [0.25, 0.3) is 10.0 Å². The first-order valence-electron chi connectivity index (χ1n) is 12.4. The van der Waals surface area contributed by atoms with Gasteiger partial charge in [0.15, 0.2) is 0 Å². The number of nitrogens with one attached hydrogen (secondary N) is 1. The molecule has 0 saturated heterocycles. The summed E-state index contributed by atoms with van der Waals surface area (Å²) in [6, 6.07) is 17.1. The van der Waals surface area contributed by atoms with E-state index in [9.17, 15) is 22.4 Å². The van der Waals surface area contributed by atoms with Crippen LogP contribution in [0.5, 0.6) is 0 Å². The third-order valence-electron chi connectivity index (χ3n) is 5.99. The van der Waals surface area contributed by atoms with Crippen LogP contribution in [0, 0.1) is 12.7 Å². The summed E-state index contributed by atoms with van der Waals surface area (Å²) in [5, 5.41) is 3.20. The molecule has 1 atom stereocenters. The summed E-state index contributed by atoms with van der Waals surface area (Å²) in [6.07, 6.45) is 0. The van der Waals surface area contributed by atoms with Crippen LogP contribution in [-0.2, 0) is 26.2 Å². The Hall–Kier alpha value is -3.43. The molecule has 2 amide bonds. The minimum absolute atomic E-state index is 0.00175. The number of anilines is 1. The highest BCUT2D eigenvalue weighted by molar-refractivity contribution is 7.92. The number of benzene rings is 3. The van der Waals surface area contributed by atoms with Crippen LogP contribution >= 0.6 is 11.6 Å². The molecule has 3 aromatic rings. The van der Waals surface area contributed by atoms with E-state index < -0.39 is 45.8 Å². The van der Waals surface area contributed by atoms with Crippen molar-refractivity contribution >= 4 is 39.1 Å². The van der Waals surface area contributed by atoms with Crippen molar-refractivity contribution in [2.45, 2.75) is 57.6 Å². The Labute approximate surface area is 234 Å². The molecule has 1 N–H and O–H groups in total. The minimum atomic E-state index is -4.19. The molecule has 3 rings (SSSR count). The average molecular weight is 574 g/mol. The Bertz CT molecular complexity index is 1430. The van der Waals surface area contributed by atoms with E-state index in [4.69, 9.17) is 11.6 Å². The Balaban J connectivity index is 2.04. The molecule has 0 bridgehead atoms. The van der Waals surface area contributed by atoms with Crippen LogP contribution in [0.4, 0.5) is 10.1 Å². The van der Waals surface area contributed by atoms with Gasteiger partial charge in [-0.3, -0.25) is 13.9 Å². The van der Waals surface area contributed by atoms with E-state index in [0.29, 0.717) is 10.6 Å². The van der Waals surface area contributed by atoms with Gasteiger partial charge in [-0.2, -0.15) is 0 Å². The van der Waals surface area contributed by atoms with Crippen LogP contribution < -0.4 is 9.62 Å². The molecule has 10 heteroatoms. The van der Waals surface area contributed by atoms with E-state index in [1.54, 1.807) is 44.2 Å². The van der Waals surface area contributed by atoms with Gasteiger partial charge in [-0.1, -0.05) is 48.0 Å². The highest BCUT2D eigenvalue weighted by Gasteiger charge is 2.33. The zero-order chi connectivity index (χ0) is 29.0. The van der Waals surface area contributed by atoms with E-state index in [2.05, 4.69) is 5.32 Å². The van der Waals surface area contributed by atoms with Crippen LogP contribution in [0.15, 0.2) is 77.7 Å². The van der Waals surface area contributed by atoms with Crippen molar-refractivity contribution in [3.05, 3.63) is 94.8 Å². The molecule has 0 aliphatic heterocycles. The lowest BCUT2D eigenvalue weighted by atomic mass is 10.1. The predicted molar refractivity (Wildman–Crippen MR) is 151 cm³/mol. The predicted octanol–water partition coefficient (Wildman–Crippen LogP) is 5.31. The molecule has 3 aromatic carbocycles. The monoisotopic (exact) mass is 573 g/mol. The summed E-state index contributed by atoms with van der Waals surface area (Å²) in [6.45, 7) is 8.18. The fourth-order valence-corrected chi connectivity index (χ4v) is 5.43. The summed E-state index contributed by atoms with van der Waals surface area (Å²) in [4.78, 5) is 28.3. The Morgan fingerprint density at radius 1 is 1.00 bits per heavy atom. The molecule has 0 radical (unpaired) electrons. The van der Waals surface area contributed by atoms with Crippen molar-refractivity contribution in [2.75, 3.05) is 10.8 Å². The van der Waals surface area contributed by atoms with Crippen LogP contribution in [0.3, 0.4) is 0 Å². The molecule has 0 fully saturated rings. The van der Waals surface area contributed by atoms with Crippen LogP contribution in [0.25, 0.3) is 0 Å². The van der Waals surface area contributed by atoms with Gasteiger partial charge in [0.2, 0.25) is 11.8 Å². The van der Waals surface area contributed by atoms with E-state index in [1.165, 1.54) is 47.4 Å². The summed E-state index contributed by atoms with van der Waals surface area (Å²) in [5.41, 5.74) is 0.971. The van der Waals surface area contributed by atoms with Gasteiger partial charge >= 0.3 is 0 Å². The fourth-order valence-electron chi connectivity index (χ4n) is 3.83. The number of aryl methyl sites for hydroxylation is 1. The van der Waals surface area contributed by atoms with Gasteiger partial charge in [0.05, 0.1) is 10.6 Å². The van der Waals surface area contributed by atoms with Gasteiger partial charge in [0.1, 0.15) is 18.4 Å². The van der Waals surface area contributed by atoms with Crippen LogP contribution in [0.2, 0.25) is 5.02 Å². The second-order valence-electron chi connectivity index (χ2n) is 10.3. The second-order valence-corrected chi connectivity index (χ2v) is 12.6. The smallest absolute Gasteiger partial charge is 0.264 e. The Kier molecular flexibility index (Phi) is 9.40. The average Bonchev–Trinajstić information content (AvgIpc) is 2.87. The minimum Gasteiger partial charge on any atom is -0.350 e. The fraction of sp³-hybridized carbons (Fsp3) is 0.310. The SMILES string of the molecule is Cc1ccc(N(CC(=O)N(Cc2ccc(F)cc2)[C@@H](C)C(=O)NC(C)(C)C)S(=O)(=O)c2ccccc2)cc1Cl. The molecule has 7 nitrogen and oxygen atoms in total. The number of hydrogen-bond acceptors (Lipinski definition) is 4. The number of nitrogens with zero attached hydrogens (tertiary/aromatic N) is 2. The van der Waals surface area contributed by atoms with Gasteiger partial charge in [-0.05, 0) is 82.1 Å². The number of carbonyl (C=O) groups is 2. The topological polar surface area (TPSA) is 86.8 Å². The highest BCUT2D eigenvalue weighted by Crippen LogP contribution is 2.28. The van der Waals surface area contributed by atoms with Crippen molar-refractivity contribution in [1.82, 2.24) is 10.2 Å². The first-order chi connectivity index (χ1) is 18.2. The molecule has 0 aliphatic carbocycles. The third-order valence-corrected chi connectivity index (χ3v) is 8.18. The highest BCUT2D eigenvalue weighted by atomic mass is 35.5. The van der Waals surface area contributed by atoms with Gasteiger partial charge in [0, 0.05) is 17.1 Å². The quantitative estimate of drug-likeness (QED) is 0.376. The van der Waals surface area contributed by atoms with Crippen molar-refractivity contribution < 1.29 is 22.4 Å². The molecule has 0 heterocycles. The number of halogens is 2. The molecule has 0 saturated carbocycles. The third kappa shape index (κ3) is 7.80. The maximum atomic E-state index is 13.9. The maximum Gasteiger partial charge on any atom is 0.264 e. The molecule has 0 spiro atoms. The van der Waals surface area contributed by atoms with Crippen LogP contribution in [-0.4, -0.2) is 43.3 Å². The van der Waals surface area contributed by atoms with E-state index in [-0.39, 0.29) is 17.1 Å². The summed E-state index contributed by atoms with van der Waals surface area (Å²) in [7, 11) is -4.19. The molecule has 39 heavy (non-hydrogen) atoms. The molecule has 208 valence electrons. The second kappa shape index (κ2) is 12.2. The van der Waals surface area contributed by atoms with Crippen molar-refractivity contribution in [1.29, 1.82) is 0 Å². The number of rotatable bonds is 9. The largest absolute Gasteiger partial charge is 0.350 e. The first kappa shape index (κ1) is 30.1. The number of sulfonamides is 1. The lowest BCUT2D eigenvalue weighted by Gasteiger charge is -2.33. The Morgan fingerprint density at radius 3 is 2.18 bits per heavy atom. The maximum absolute atomic E-state index is 13.9. The van der Waals surface area contributed by atoms with Crippen molar-refractivity contribution in [3.63, 3.8) is 0 Å². The summed E-state index contributed by atoms with van der Waals surface area (Å²) in [5.74, 6) is -1.47. The molecular formula is C29H33ClFN3O4S. The summed E-state index contributed by atoms with van der Waals surface area (Å²) >= 11 is 6.33. The van der Waals surface area contributed by atoms with Crippen LogP contribution in [0.1, 0.15) is 38.8 Å². The lowest BCUT2D eigenvalue weighted by Crippen LogP contribution is -2.54. The van der Waals surface area contributed by atoms with Gasteiger partial charge in [-0.25, -0.2) is 12.8 Å². The molecule has 0 unspecified atom stereocenters. The number of hydrogen-bond donors (Lipinski definition) is 1. The first-order valence-corrected chi connectivity index (χ1v) is 14.2. The molecule has 0 aromatic heterocycles. The van der Waals surface area contributed by atoms with E-state index in [0.717, 1.165) is 9.87 Å². The lowest BCUT2D eigenvalue weighted by molar-refractivity contribution is -0.140. The van der Waals surface area contributed by atoms with Gasteiger partial charge < -0.3 is 10.2 Å². The van der Waals surface area contributed by atoms with E-state index in [1.807, 2.05) is 20.8 Å². The number of amides is 2. The number of carbonyl (C=O) groups excluding carboxylic acids is 2. The summed E-state index contributed by atoms with van der Waals surface area (Å²) < 4.78 is 42.1. The Morgan fingerprint density at radius 2 is 1.62 bits per heavy atom. The molecular weight excluding hydrogens is 541 g/mol. The zero-order valence-electron chi connectivity index (χ0n) is 22.6. The standard InChI is InChI=1S/C29H33ClFN3O4S/c1-20-11-16-24(17-26(20)30)34(39(37,38)25-9-7-6-8-10-25)19-27(35)33(18-22-12-14-23(31)15-13-22)21(2)28(36)32-29(3,4)5/h6-17,21H,18-19H2,1-5H3,(H,32,36)/t21-/m0/s1. The van der Waals surface area contributed by atoms with E-state index >= 15 is 0 Å². The molecule has 0 aliphatic rings. The van der Waals surface area contributed by atoms with Crippen molar-refractivity contribution in [3.8, 4) is 0 Å². The normalized spacial score (nSPS) is 12.5.